The predicted octanol–water partition coefficient (Wildman–Crippen LogP) is 3.53. The van der Waals surface area contributed by atoms with Gasteiger partial charge in [-0.2, -0.15) is 0 Å². The number of hydrogen-bond donors (Lipinski definition) is 2. The summed E-state index contributed by atoms with van der Waals surface area (Å²) in [6.07, 6.45) is 5.32. The van der Waals surface area contributed by atoms with E-state index in [0.717, 1.165) is 25.7 Å². The van der Waals surface area contributed by atoms with Gasteiger partial charge in [0.2, 0.25) is 5.91 Å². The highest BCUT2D eigenvalue weighted by atomic mass is 16.4. The molecule has 1 aliphatic carbocycles. The molecule has 0 bridgehead atoms. The van der Waals surface area contributed by atoms with Crippen LogP contribution in [0.2, 0.25) is 0 Å². The van der Waals surface area contributed by atoms with Crippen molar-refractivity contribution in [1.29, 1.82) is 0 Å². The Kier molecular flexibility index (Phi) is 6.40. The van der Waals surface area contributed by atoms with Crippen molar-refractivity contribution in [2.45, 2.75) is 58.4 Å². The summed E-state index contributed by atoms with van der Waals surface area (Å²) in [5.74, 6) is -1.57. The molecule has 2 rings (SSSR count). The van der Waals surface area contributed by atoms with Crippen molar-refractivity contribution in [3.8, 4) is 0 Å². The Morgan fingerprint density at radius 3 is 2.38 bits per heavy atom. The molecule has 142 valence electrons. The molecule has 0 aliphatic heterocycles. The minimum atomic E-state index is -1.16. The van der Waals surface area contributed by atoms with E-state index in [0.29, 0.717) is 11.3 Å². The molecule has 1 aliphatic rings. The number of aliphatic carboxylic acids is 1. The third-order valence-electron chi connectivity index (χ3n) is 5.06. The zero-order valence-electron chi connectivity index (χ0n) is 15.7. The van der Waals surface area contributed by atoms with Crippen LogP contribution in [0.15, 0.2) is 24.3 Å². The first-order valence-electron chi connectivity index (χ1n) is 9.12. The lowest BCUT2D eigenvalue weighted by Gasteiger charge is -2.31. The summed E-state index contributed by atoms with van der Waals surface area (Å²) in [6, 6.07) is 7.10. The van der Waals surface area contributed by atoms with Crippen molar-refractivity contribution in [3.63, 3.8) is 0 Å². The van der Waals surface area contributed by atoms with E-state index in [1.165, 1.54) is 20.3 Å². The van der Waals surface area contributed by atoms with Crippen LogP contribution in [0.3, 0.4) is 0 Å². The van der Waals surface area contributed by atoms with Crippen molar-refractivity contribution < 1.29 is 19.5 Å². The molecule has 0 atom stereocenters. The molecule has 6 nitrogen and oxygen atoms in total. The summed E-state index contributed by atoms with van der Waals surface area (Å²) in [6.45, 7) is 3.01. The van der Waals surface area contributed by atoms with E-state index in [-0.39, 0.29) is 18.4 Å². The zero-order chi connectivity index (χ0) is 19.3. The van der Waals surface area contributed by atoms with Crippen LogP contribution in [0.4, 0.5) is 5.69 Å². The summed E-state index contributed by atoms with van der Waals surface area (Å²) in [7, 11) is 1.81. The number of benzene rings is 1. The lowest BCUT2D eigenvalue weighted by molar-refractivity contribution is -0.148. The number of nitrogens with zero attached hydrogens (tertiary/aromatic N) is 1. The maximum atomic E-state index is 12.9. The van der Waals surface area contributed by atoms with E-state index >= 15 is 0 Å². The van der Waals surface area contributed by atoms with Gasteiger partial charge in [-0.3, -0.25) is 14.4 Å². The monoisotopic (exact) mass is 360 g/mol. The van der Waals surface area contributed by atoms with Crippen molar-refractivity contribution in [2.75, 3.05) is 12.4 Å². The standard InChI is InChI=1S/C20H28N2O4/c1-20(2,19(25)26)13-17(23)21-16-12-8-7-11-15(16)18(24)22(3)14-9-5-4-6-10-14/h7-8,11-12,14H,4-6,9-10,13H2,1-3H3,(H,21,23)(H,25,26). The fourth-order valence-corrected chi connectivity index (χ4v) is 3.27. The van der Waals surface area contributed by atoms with Crippen LogP contribution >= 0.6 is 0 Å². The first kappa shape index (κ1) is 19.9. The van der Waals surface area contributed by atoms with Crippen LogP contribution in [0, 0.1) is 5.41 Å². The van der Waals surface area contributed by atoms with Gasteiger partial charge in [0.25, 0.3) is 5.91 Å². The largest absolute Gasteiger partial charge is 0.481 e. The fourth-order valence-electron chi connectivity index (χ4n) is 3.27. The molecule has 0 saturated heterocycles. The summed E-state index contributed by atoms with van der Waals surface area (Å²) in [5, 5.41) is 11.9. The second-order valence-corrected chi connectivity index (χ2v) is 7.67. The number of carbonyl (C=O) groups is 3. The van der Waals surface area contributed by atoms with Gasteiger partial charge in [0, 0.05) is 19.5 Å². The molecule has 1 aromatic rings. The Balaban J connectivity index is 2.12. The minimum Gasteiger partial charge on any atom is -0.481 e. The van der Waals surface area contributed by atoms with Gasteiger partial charge in [-0.05, 0) is 38.8 Å². The van der Waals surface area contributed by atoms with Crippen LogP contribution in [0.25, 0.3) is 0 Å². The molecule has 2 amide bonds. The Morgan fingerprint density at radius 1 is 1.15 bits per heavy atom. The molecular formula is C20H28N2O4. The SMILES string of the molecule is CN(C(=O)c1ccccc1NC(=O)CC(C)(C)C(=O)O)C1CCCCC1. The molecule has 0 unspecified atom stereocenters. The number of carboxylic acid groups (broad SMARTS) is 1. The lowest BCUT2D eigenvalue weighted by atomic mass is 9.89. The second-order valence-electron chi connectivity index (χ2n) is 7.67. The van der Waals surface area contributed by atoms with E-state index in [9.17, 15) is 19.5 Å². The quantitative estimate of drug-likeness (QED) is 0.812. The molecule has 0 spiro atoms. The van der Waals surface area contributed by atoms with Gasteiger partial charge in [0.1, 0.15) is 0 Å². The van der Waals surface area contributed by atoms with Crippen LogP contribution in [-0.2, 0) is 9.59 Å². The molecule has 1 aromatic carbocycles. The number of para-hydroxylation sites is 1. The molecular weight excluding hydrogens is 332 g/mol. The van der Waals surface area contributed by atoms with E-state index in [1.807, 2.05) is 7.05 Å². The topological polar surface area (TPSA) is 86.7 Å². The third kappa shape index (κ3) is 4.84. The number of anilines is 1. The number of amides is 2. The first-order chi connectivity index (χ1) is 12.2. The molecule has 0 heterocycles. The van der Waals surface area contributed by atoms with Gasteiger partial charge in [0.15, 0.2) is 0 Å². The number of rotatable bonds is 6. The van der Waals surface area contributed by atoms with Gasteiger partial charge in [-0.1, -0.05) is 31.4 Å². The molecule has 2 N–H and O–H groups in total. The Hall–Kier alpha value is -2.37. The van der Waals surface area contributed by atoms with Crippen LogP contribution in [0.5, 0.6) is 0 Å². The highest BCUT2D eigenvalue weighted by molar-refractivity contribution is 6.04. The normalized spacial score (nSPS) is 15.3. The molecule has 1 saturated carbocycles. The van der Waals surface area contributed by atoms with E-state index in [1.54, 1.807) is 29.2 Å². The van der Waals surface area contributed by atoms with Gasteiger partial charge in [-0.15, -0.1) is 0 Å². The third-order valence-corrected chi connectivity index (χ3v) is 5.06. The average Bonchev–Trinajstić information content (AvgIpc) is 2.61. The lowest BCUT2D eigenvalue weighted by Crippen LogP contribution is -2.38. The highest BCUT2D eigenvalue weighted by Gasteiger charge is 2.31. The van der Waals surface area contributed by atoms with E-state index in [4.69, 9.17) is 0 Å². The van der Waals surface area contributed by atoms with Gasteiger partial charge < -0.3 is 15.3 Å². The smallest absolute Gasteiger partial charge is 0.309 e. The number of carbonyl (C=O) groups excluding carboxylic acids is 2. The highest BCUT2D eigenvalue weighted by Crippen LogP contribution is 2.26. The average molecular weight is 360 g/mol. The summed E-state index contributed by atoms with van der Waals surface area (Å²) in [5.41, 5.74) is -0.310. The maximum absolute atomic E-state index is 12.9. The zero-order valence-corrected chi connectivity index (χ0v) is 15.7. The maximum Gasteiger partial charge on any atom is 0.309 e. The summed E-state index contributed by atoms with van der Waals surface area (Å²) in [4.78, 5) is 38.2. The molecule has 6 heteroatoms. The Bertz CT molecular complexity index is 678. The van der Waals surface area contributed by atoms with Crippen molar-refractivity contribution in [2.24, 2.45) is 5.41 Å². The predicted molar refractivity (Wildman–Crippen MR) is 100 cm³/mol. The Morgan fingerprint density at radius 2 is 1.77 bits per heavy atom. The van der Waals surface area contributed by atoms with Crippen molar-refractivity contribution in [1.82, 2.24) is 4.90 Å². The minimum absolute atomic E-state index is 0.120. The van der Waals surface area contributed by atoms with Gasteiger partial charge in [0.05, 0.1) is 16.7 Å². The number of nitrogens with one attached hydrogen (secondary N) is 1. The number of hydrogen-bond acceptors (Lipinski definition) is 3. The molecule has 26 heavy (non-hydrogen) atoms. The number of carboxylic acids is 1. The van der Waals surface area contributed by atoms with E-state index in [2.05, 4.69) is 5.32 Å². The van der Waals surface area contributed by atoms with Crippen molar-refractivity contribution >= 4 is 23.5 Å². The summed E-state index contributed by atoms with van der Waals surface area (Å²) >= 11 is 0. The first-order valence-corrected chi connectivity index (χ1v) is 9.12. The van der Waals surface area contributed by atoms with E-state index < -0.39 is 17.3 Å². The molecule has 0 aromatic heterocycles. The fraction of sp³-hybridized carbons (Fsp3) is 0.550. The van der Waals surface area contributed by atoms with Crippen LogP contribution in [-0.4, -0.2) is 40.9 Å². The second kappa shape index (κ2) is 8.34. The Labute approximate surface area is 154 Å². The van der Waals surface area contributed by atoms with Gasteiger partial charge in [-0.25, -0.2) is 0 Å². The van der Waals surface area contributed by atoms with Crippen molar-refractivity contribution in [3.05, 3.63) is 29.8 Å². The van der Waals surface area contributed by atoms with Gasteiger partial charge >= 0.3 is 5.97 Å². The molecule has 0 radical (unpaired) electrons. The summed E-state index contributed by atoms with van der Waals surface area (Å²) < 4.78 is 0. The molecule has 1 fully saturated rings. The van der Waals surface area contributed by atoms with Crippen LogP contribution in [0.1, 0.15) is 62.7 Å². The van der Waals surface area contributed by atoms with Crippen LogP contribution < -0.4 is 5.32 Å².